The van der Waals surface area contributed by atoms with Crippen LogP contribution in [0, 0.1) is 0 Å². The first-order valence-corrected chi connectivity index (χ1v) is 14.8. The van der Waals surface area contributed by atoms with Gasteiger partial charge in [-0.1, -0.05) is 72.8 Å². The van der Waals surface area contributed by atoms with E-state index in [0.717, 1.165) is 57.7 Å². The number of methoxy groups -OCH3 is 1. The fraction of sp³-hybridized carbons (Fsp3) is 0.382. The summed E-state index contributed by atoms with van der Waals surface area (Å²) in [5.41, 5.74) is 2.71. The first kappa shape index (κ1) is 29.5. The molecule has 0 atom stereocenters. The molecule has 0 aromatic heterocycles. The van der Waals surface area contributed by atoms with E-state index in [1.807, 2.05) is 48.5 Å². The molecule has 3 heterocycles. The Hall–Kier alpha value is -4.01. The van der Waals surface area contributed by atoms with Crippen LogP contribution in [-0.4, -0.2) is 71.2 Å². The highest BCUT2D eigenvalue weighted by atomic mass is 16.5. The SMILES string of the molecule is COc1cccc(CN2C(=O)NC3(CCN(Cc4ccccc4)CC3)C2=O)c1.O=C1CCN(Cc2ccccc2)CC1. The summed E-state index contributed by atoms with van der Waals surface area (Å²) in [6, 6.07) is 27.9. The minimum absolute atomic E-state index is 0.111. The van der Waals surface area contributed by atoms with Gasteiger partial charge in [-0.25, -0.2) is 4.79 Å². The summed E-state index contributed by atoms with van der Waals surface area (Å²) in [7, 11) is 1.60. The summed E-state index contributed by atoms with van der Waals surface area (Å²) in [4.78, 5) is 42.7. The Morgan fingerprint density at radius 2 is 1.24 bits per heavy atom. The number of rotatable bonds is 7. The number of urea groups is 1. The zero-order chi connectivity index (χ0) is 29.4. The summed E-state index contributed by atoms with van der Waals surface area (Å²) in [6.45, 7) is 5.53. The molecule has 3 aliphatic heterocycles. The first-order chi connectivity index (χ1) is 20.4. The van der Waals surface area contributed by atoms with Gasteiger partial charge in [0, 0.05) is 52.1 Å². The number of nitrogens with zero attached hydrogens (tertiary/aromatic N) is 3. The standard InChI is InChI=1S/C22H25N3O3.C12H15NO/c1-28-19-9-5-8-18(14-19)16-25-20(26)22(23-21(25)27)10-12-24(13-11-22)15-17-6-3-2-4-7-17;14-12-6-8-13(9-7-12)10-11-4-2-1-3-5-11/h2-9,14H,10-13,15-16H2,1H3,(H,23,27);1-5H,6-10H2. The molecule has 3 fully saturated rings. The van der Waals surface area contributed by atoms with Crippen LogP contribution >= 0.6 is 0 Å². The van der Waals surface area contributed by atoms with Crippen molar-refractivity contribution in [3.63, 3.8) is 0 Å². The second kappa shape index (κ2) is 13.8. The fourth-order valence-corrected chi connectivity index (χ4v) is 5.85. The summed E-state index contributed by atoms with van der Waals surface area (Å²) >= 11 is 0. The van der Waals surface area contributed by atoms with Crippen LogP contribution in [0.1, 0.15) is 42.4 Å². The number of hydrogen-bond donors (Lipinski definition) is 1. The van der Waals surface area contributed by atoms with E-state index in [0.29, 0.717) is 24.4 Å². The van der Waals surface area contributed by atoms with Gasteiger partial charge < -0.3 is 10.1 Å². The molecule has 1 spiro atoms. The van der Waals surface area contributed by atoms with Gasteiger partial charge in [0.1, 0.15) is 17.1 Å². The number of nitrogens with one attached hydrogen (secondary N) is 1. The quantitative estimate of drug-likeness (QED) is 0.419. The summed E-state index contributed by atoms with van der Waals surface area (Å²) < 4.78 is 5.23. The number of ketones is 1. The molecule has 3 aromatic carbocycles. The molecule has 3 aromatic rings. The van der Waals surface area contributed by atoms with Crippen molar-refractivity contribution >= 4 is 17.7 Å². The van der Waals surface area contributed by atoms with Crippen molar-refractivity contribution in [2.75, 3.05) is 33.3 Å². The molecule has 8 heteroatoms. The van der Waals surface area contributed by atoms with E-state index >= 15 is 0 Å². The van der Waals surface area contributed by atoms with E-state index in [9.17, 15) is 14.4 Å². The van der Waals surface area contributed by atoms with Crippen molar-refractivity contribution in [3.05, 3.63) is 102 Å². The lowest BCUT2D eigenvalue weighted by atomic mass is 9.87. The number of ether oxygens (including phenoxy) is 1. The predicted octanol–water partition coefficient (Wildman–Crippen LogP) is 4.63. The molecular weight excluding hydrogens is 528 g/mol. The van der Waals surface area contributed by atoms with Gasteiger partial charge >= 0.3 is 6.03 Å². The smallest absolute Gasteiger partial charge is 0.325 e. The van der Waals surface area contributed by atoms with Crippen molar-refractivity contribution < 1.29 is 19.1 Å². The normalized spacial score (nSPS) is 18.9. The van der Waals surface area contributed by atoms with Crippen LogP contribution in [0.15, 0.2) is 84.9 Å². The van der Waals surface area contributed by atoms with E-state index in [-0.39, 0.29) is 18.5 Å². The van der Waals surface area contributed by atoms with Gasteiger partial charge in [0.05, 0.1) is 13.7 Å². The van der Waals surface area contributed by atoms with Gasteiger partial charge in [0.15, 0.2) is 0 Å². The van der Waals surface area contributed by atoms with E-state index in [4.69, 9.17) is 4.74 Å². The summed E-state index contributed by atoms with van der Waals surface area (Å²) in [5, 5.41) is 2.98. The van der Waals surface area contributed by atoms with E-state index in [1.165, 1.54) is 16.0 Å². The van der Waals surface area contributed by atoms with Gasteiger partial charge in [-0.2, -0.15) is 0 Å². The molecule has 0 aliphatic carbocycles. The lowest BCUT2D eigenvalue weighted by molar-refractivity contribution is -0.133. The Morgan fingerprint density at radius 1 is 0.690 bits per heavy atom. The van der Waals surface area contributed by atoms with Crippen LogP contribution < -0.4 is 10.1 Å². The van der Waals surface area contributed by atoms with Crippen molar-refractivity contribution in [2.24, 2.45) is 0 Å². The topological polar surface area (TPSA) is 82.2 Å². The van der Waals surface area contributed by atoms with E-state index in [2.05, 4.69) is 51.5 Å². The van der Waals surface area contributed by atoms with Crippen LogP contribution in [0.25, 0.3) is 0 Å². The number of hydrogen-bond acceptors (Lipinski definition) is 6. The lowest BCUT2D eigenvalue weighted by Crippen LogP contribution is -2.54. The Bertz CT molecular complexity index is 1350. The molecule has 3 saturated heterocycles. The first-order valence-electron chi connectivity index (χ1n) is 14.8. The van der Waals surface area contributed by atoms with Gasteiger partial charge in [0.2, 0.25) is 0 Å². The predicted molar refractivity (Wildman–Crippen MR) is 162 cm³/mol. The molecule has 0 radical (unpaired) electrons. The number of Topliss-reactive ketones (excluding diaryl/α,β-unsaturated/α-hetero) is 1. The minimum Gasteiger partial charge on any atom is -0.497 e. The average molecular weight is 569 g/mol. The monoisotopic (exact) mass is 568 g/mol. The van der Waals surface area contributed by atoms with Crippen LogP contribution in [0.5, 0.6) is 5.75 Å². The largest absolute Gasteiger partial charge is 0.497 e. The minimum atomic E-state index is -0.761. The maximum absolute atomic E-state index is 13.1. The third-order valence-electron chi connectivity index (χ3n) is 8.34. The van der Waals surface area contributed by atoms with Crippen LogP contribution in [0.2, 0.25) is 0 Å². The van der Waals surface area contributed by atoms with Crippen molar-refractivity contribution in [3.8, 4) is 5.75 Å². The number of piperidine rings is 2. The number of imide groups is 1. The molecule has 6 rings (SSSR count). The molecule has 8 nitrogen and oxygen atoms in total. The molecule has 0 unspecified atom stereocenters. The van der Waals surface area contributed by atoms with Crippen molar-refractivity contribution in [1.29, 1.82) is 0 Å². The second-order valence-electron chi connectivity index (χ2n) is 11.3. The summed E-state index contributed by atoms with van der Waals surface area (Å²) in [6.07, 6.45) is 2.73. The van der Waals surface area contributed by atoms with Crippen molar-refractivity contribution in [1.82, 2.24) is 20.0 Å². The number of carbonyl (C=O) groups excluding carboxylic acids is 3. The third kappa shape index (κ3) is 7.43. The van der Waals surface area contributed by atoms with Gasteiger partial charge in [0.25, 0.3) is 5.91 Å². The number of carbonyl (C=O) groups is 3. The maximum atomic E-state index is 13.1. The highest BCUT2D eigenvalue weighted by Gasteiger charge is 2.52. The molecular formula is C34H40N4O4. The second-order valence-corrected chi connectivity index (χ2v) is 11.3. The Morgan fingerprint density at radius 3 is 1.81 bits per heavy atom. The highest BCUT2D eigenvalue weighted by Crippen LogP contribution is 2.31. The maximum Gasteiger partial charge on any atom is 0.325 e. The molecule has 3 aliphatic rings. The molecule has 3 amide bonds. The molecule has 220 valence electrons. The Balaban J connectivity index is 0.000000211. The van der Waals surface area contributed by atoms with Crippen LogP contribution in [0.4, 0.5) is 4.79 Å². The number of benzene rings is 3. The van der Waals surface area contributed by atoms with Gasteiger partial charge in [-0.3, -0.25) is 24.3 Å². The fourth-order valence-electron chi connectivity index (χ4n) is 5.85. The van der Waals surface area contributed by atoms with E-state index < -0.39 is 5.54 Å². The van der Waals surface area contributed by atoms with Crippen molar-refractivity contribution in [2.45, 2.75) is 50.9 Å². The Kier molecular flexibility index (Phi) is 9.66. The summed E-state index contributed by atoms with van der Waals surface area (Å²) in [5.74, 6) is 1.02. The average Bonchev–Trinajstić information content (AvgIpc) is 3.25. The molecule has 0 bridgehead atoms. The molecule has 0 saturated carbocycles. The molecule has 42 heavy (non-hydrogen) atoms. The zero-order valence-corrected chi connectivity index (χ0v) is 24.3. The van der Waals surface area contributed by atoms with Gasteiger partial charge in [-0.05, 0) is 41.7 Å². The zero-order valence-electron chi connectivity index (χ0n) is 24.3. The number of likely N-dealkylation sites (tertiary alicyclic amines) is 2. The van der Waals surface area contributed by atoms with E-state index in [1.54, 1.807) is 7.11 Å². The van der Waals surface area contributed by atoms with Crippen LogP contribution in [0.3, 0.4) is 0 Å². The number of amides is 3. The lowest BCUT2D eigenvalue weighted by Gasteiger charge is -2.37. The molecule has 1 N–H and O–H groups in total. The van der Waals surface area contributed by atoms with Gasteiger partial charge in [-0.15, -0.1) is 0 Å². The highest BCUT2D eigenvalue weighted by molar-refractivity contribution is 6.07. The Labute approximate surface area is 248 Å². The third-order valence-corrected chi connectivity index (χ3v) is 8.34. The van der Waals surface area contributed by atoms with Crippen LogP contribution in [-0.2, 0) is 29.2 Å².